The molecular weight excluding hydrogens is 342 g/mol. The summed E-state index contributed by atoms with van der Waals surface area (Å²) in [5.74, 6) is 0.662. The van der Waals surface area contributed by atoms with Gasteiger partial charge in [-0.05, 0) is 41.7 Å². The Morgan fingerprint density at radius 2 is 2.00 bits per heavy atom. The van der Waals surface area contributed by atoms with Gasteiger partial charge in [-0.25, -0.2) is 0 Å². The molecule has 0 bridgehead atoms. The number of Topliss-reactive ketones (excluding diaryl/α,β-unsaturated/α-hetero) is 1. The summed E-state index contributed by atoms with van der Waals surface area (Å²) < 4.78 is 10.8. The highest BCUT2D eigenvalue weighted by atomic mass is 16.5. The minimum atomic E-state index is -0.236. The number of benzene rings is 2. The van der Waals surface area contributed by atoms with Gasteiger partial charge >= 0.3 is 5.97 Å². The molecule has 0 N–H and O–H groups in total. The zero-order chi connectivity index (χ0) is 18.8. The highest BCUT2D eigenvalue weighted by Crippen LogP contribution is 2.41. The Morgan fingerprint density at radius 1 is 1.19 bits per heavy atom. The minimum Gasteiger partial charge on any atom is -0.489 e. The monoisotopic (exact) mass is 365 g/mol. The summed E-state index contributed by atoms with van der Waals surface area (Å²) in [6.45, 7) is 1.52. The molecule has 1 atom stereocenters. The van der Waals surface area contributed by atoms with Gasteiger partial charge in [-0.3, -0.25) is 14.5 Å². The molecule has 0 spiro atoms. The Bertz CT molecular complexity index is 862. The van der Waals surface area contributed by atoms with Gasteiger partial charge in [0.1, 0.15) is 12.4 Å². The van der Waals surface area contributed by atoms with E-state index in [9.17, 15) is 9.59 Å². The van der Waals surface area contributed by atoms with Crippen molar-refractivity contribution in [3.63, 3.8) is 0 Å². The third kappa shape index (κ3) is 3.60. The molecule has 4 rings (SSSR count). The normalized spacial score (nSPS) is 18.7. The van der Waals surface area contributed by atoms with Crippen LogP contribution < -0.4 is 4.74 Å². The number of ether oxygens (including phenoxy) is 2. The van der Waals surface area contributed by atoms with Crippen LogP contribution in [0, 0.1) is 0 Å². The van der Waals surface area contributed by atoms with Crippen molar-refractivity contribution < 1.29 is 19.1 Å². The van der Waals surface area contributed by atoms with Crippen LogP contribution in [0.5, 0.6) is 5.75 Å². The van der Waals surface area contributed by atoms with E-state index in [1.807, 2.05) is 36.4 Å². The lowest BCUT2D eigenvalue weighted by Gasteiger charge is -2.40. The lowest BCUT2D eigenvalue weighted by Crippen LogP contribution is -2.41. The Labute approximate surface area is 158 Å². The van der Waals surface area contributed by atoms with Crippen molar-refractivity contribution in [2.45, 2.75) is 31.9 Å². The van der Waals surface area contributed by atoms with E-state index in [1.54, 1.807) is 0 Å². The molecule has 140 valence electrons. The van der Waals surface area contributed by atoms with Crippen LogP contribution in [-0.2, 0) is 22.6 Å². The lowest BCUT2D eigenvalue weighted by atomic mass is 9.79. The van der Waals surface area contributed by atoms with Gasteiger partial charge in [0.25, 0.3) is 0 Å². The first-order chi connectivity index (χ1) is 13.2. The first-order valence-corrected chi connectivity index (χ1v) is 9.33. The molecule has 0 saturated carbocycles. The van der Waals surface area contributed by atoms with Gasteiger partial charge in [0, 0.05) is 24.6 Å². The first-order valence-electron chi connectivity index (χ1n) is 9.33. The minimum absolute atomic E-state index is 0.101. The number of ketones is 1. The van der Waals surface area contributed by atoms with E-state index in [-0.39, 0.29) is 24.3 Å². The van der Waals surface area contributed by atoms with E-state index in [1.165, 1.54) is 7.11 Å². The summed E-state index contributed by atoms with van der Waals surface area (Å²) in [6.07, 6.45) is 2.04. The van der Waals surface area contributed by atoms with E-state index < -0.39 is 0 Å². The van der Waals surface area contributed by atoms with Crippen LogP contribution >= 0.6 is 0 Å². The Morgan fingerprint density at radius 3 is 2.78 bits per heavy atom. The maximum absolute atomic E-state index is 12.6. The van der Waals surface area contributed by atoms with Crippen LogP contribution in [0.3, 0.4) is 0 Å². The van der Waals surface area contributed by atoms with Crippen LogP contribution in [-0.4, -0.2) is 36.9 Å². The lowest BCUT2D eigenvalue weighted by molar-refractivity contribution is -0.142. The quantitative estimate of drug-likeness (QED) is 0.761. The van der Waals surface area contributed by atoms with E-state index in [0.29, 0.717) is 13.0 Å². The SMILES string of the molecule is COC(=O)CN1CCc2cc(OCc3ccccc3)cc3c2C1CCC3=O. The average Bonchev–Trinajstić information content (AvgIpc) is 2.70. The Kier molecular flexibility index (Phi) is 4.94. The third-order valence-electron chi connectivity index (χ3n) is 5.43. The number of methoxy groups -OCH3 is 1. The molecule has 1 aliphatic heterocycles. The standard InChI is InChI=1S/C22H23NO4/c1-26-21(25)13-23-10-9-16-11-17(27-14-15-5-3-2-4-6-15)12-18-20(24)8-7-19(23)22(16)18/h2-6,11-12,19H,7-10,13-14H2,1H3. The second kappa shape index (κ2) is 7.53. The molecule has 1 unspecified atom stereocenters. The molecule has 0 radical (unpaired) electrons. The molecule has 0 saturated heterocycles. The zero-order valence-corrected chi connectivity index (χ0v) is 15.4. The molecule has 2 aromatic carbocycles. The van der Waals surface area contributed by atoms with Crippen LogP contribution in [0.25, 0.3) is 0 Å². The molecule has 1 heterocycles. The molecule has 5 heteroatoms. The fourth-order valence-electron chi connectivity index (χ4n) is 4.09. The van der Waals surface area contributed by atoms with E-state index in [4.69, 9.17) is 9.47 Å². The number of esters is 1. The van der Waals surface area contributed by atoms with Crippen LogP contribution in [0.4, 0.5) is 0 Å². The van der Waals surface area contributed by atoms with Gasteiger partial charge < -0.3 is 9.47 Å². The fraction of sp³-hybridized carbons (Fsp3) is 0.364. The molecule has 0 aromatic heterocycles. The van der Waals surface area contributed by atoms with Crippen molar-refractivity contribution in [2.24, 2.45) is 0 Å². The smallest absolute Gasteiger partial charge is 0.319 e. The summed E-state index contributed by atoms with van der Waals surface area (Å²) in [4.78, 5) is 26.4. The summed E-state index contributed by atoms with van der Waals surface area (Å²) in [5.41, 5.74) is 4.09. The third-order valence-corrected chi connectivity index (χ3v) is 5.43. The van der Waals surface area contributed by atoms with Crippen molar-refractivity contribution >= 4 is 11.8 Å². The second-order valence-corrected chi connectivity index (χ2v) is 7.09. The summed E-state index contributed by atoms with van der Waals surface area (Å²) in [7, 11) is 1.41. The topological polar surface area (TPSA) is 55.8 Å². The molecule has 2 aliphatic rings. The van der Waals surface area contributed by atoms with Gasteiger partial charge in [-0.1, -0.05) is 30.3 Å². The number of nitrogens with zero attached hydrogens (tertiary/aromatic N) is 1. The largest absolute Gasteiger partial charge is 0.489 e. The van der Waals surface area contributed by atoms with Crippen molar-refractivity contribution in [3.05, 3.63) is 64.7 Å². The predicted octanol–water partition coefficient (Wildman–Crippen LogP) is 3.31. The van der Waals surface area contributed by atoms with Crippen molar-refractivity contribution in [2.75, 3.05) is 20.2 Å². The van der Waals surface area contributed by atoms with Gasteiger partial charge in [0.05, 0.1) is 13.7 Å². The molecule has 2 aromatic rings. The van der Waals surface area contributed by atoms with E-state index >= 15 is 0 Å². The highest BCUT2D eigenvalue weighted by molar-refractivity contribution is 5.99. The molecular formula is C22H23NO4. The summed E-state index contributed by atoms with van der Waals surface area (Å²) in [6, 6.07) is 14.0. The maximum atomic E-state index is 12.6. The zero-order valence-electron chi connectivity index (χ0n) is 15.4. The molecule has 0 amide bonds. The summed E-state index contributed by atoms with van der Waals surface area (Å²) >= 11 is 0. The predicted molar refractivity (Wildman–Crippen MR) is 101 cm³/mol. The number of carbonyl (C=O) groups is 2. The van der Waals surface area contributed by atoms with Gasteiger partial charge in [0.2, 0.25) is 0 Å². The maximum Gasteiger partial charge on any atom is 0.319 e. The van der Waals surface area contributed by atoms with Gasteiger partial charge in [-0.15, -0.1) is 0 Å². The molecule has 27 heavy (non-hydrogen) atoms. The highest BCUT2D eigenvalue weighted by Gasteiger charge is 2.36. The molecule has 0 fully saturated rings. The van der Waals surface area contributed by atoms with Crippen LogP contribution in [0.1, 0.15) is 45.9 Å². The average molecular weight is 365 g/mol. The number of hydrogen-bond acceptors (Lipinski definition) is 5. The van der Waals surface area contributed by atoms with Crippen molar-refractivity contribution in [1.82, 2.24) is 4.90 Å². The van der Waals surface area contributed by atoms with Crippen LogP contribution in [0.2, 0.25) is 0 Å². The Hall–Kier alpha value is -2.66. The molecule has 1 aliphatic carbocycles. The number of hydrogen-bond donors (Lipinski definition) is 0. The van der Waals surface area contributed by atoms with E-state index in [0.717, 1.165) is 47.4 Å². The van der Waals surface area contributed by atoms with Crippen molar-refractivity contribution in [3.8, 4) is 5.75 Å². The van der Waals surface area contributed by atoms with Gasteiger partial charge in [-0.2, -0.15) is 0 Å². The first kappa shape index (κ1) is 17.7. The molecule has 5 nitrogen and oxygen atoms in total. The number of rotatable bonds is 5. The Balaban J connectivity index is 1.61. The van der Waals surface area contributed by atoms with Crippen molar-refractivity contribution in [1.29, 1.82) is 0 Å². The second-order valence-electron chi connectivity index (χ2n) is 7.09. The van der Waals surface area contributed by atoms with Gasteiger partial charge in [0.15, 0.2) is 5.78 Å². The van der Waals surface area contributed by atoms with Crippen LogP contribution in [0.15, 0.2) is 42.5 Å². The number of carbonyl (C=O) groups excluding carboxylic acids is 2. The summed E-state index contributed by atoms with van der Waals surface area (Å²) in [5, 5.41) is 0. The van der Waals surface area contributed by atoms with E-state index in [2.05, 4.69) is 11.0 Å². The fourth-order valence-corrected chi connectivity index (χ4v) is 4.09.